The van der Waals surface area contributed by atoms with Crippen molar-refractivity contribution in [1.29, 1.82) is 0 Å². The molecule has 90 valence electrons. The topological polar surface area (TPSA) is 118 Å². The van der Waals surface area contributed by atoms with Gasteiger partial charge in [-0.3, -0.25) is 4.79 Å². The molecule has 1 aromatic heterocycles. The lowest BCUT2D eigenvalue weighted by atomic mass is 10.2. The molecule has 0 saturated carbocycles. The summed E-state index contributed by atoms with van der Waals surface area (Å²) in [6.07, 6.45) is 3.93. The van der Waals surface area contributed by atoms with Gasteiger partial charge in [0.15, 0.2) is 5.03 Å². The van der Waals surface area contributed by atoms with E-state index in [1.807, 2.05) is 0 Å². The van der Waals surface area contributed by atoms with Crippen molar-refractivity contribution in [2.24, 2.45) is 5.73 Å². The highest BCUT2D eigenvalue weighted by atomic mass is 32.2. The summed E-state index contributed by atoms with van der Waals surface area (Å²) < 4.78 is 25.4. The molecule has 1 aromatic rings. The molecule has 8 heteroatoms. The van der Waals surface area contributed by atoms with Crippen LogP contribution in [0, 0.1) is 0 Å². The molecule has 16 heavy (non-hydrogen) atoms. The number of rotatable bonds is 7. The number of nitrogens with zero attached hydrogens (tertiary/aromatic N) is 1. The lowest BCUT2D eigenvalue weighted by Gasteiger charge is -2.03. The molecule has 0 aliphatic heterocycles. The number of primary amides is 1. The van der Waals surface area contributed by atoms with Gasteiger partial charge in [0, 0.05) is 13.0 Å². The fraction of sp³-hybridized carbons (Fsp3) is 0.500. The fourth-order valence-corrected chi connectivity index (χ4v) is 2.07. The summed E-state index contributed by atoms with van der Waals surface area (Å²) in [5.41, 5.74) is 4.95. The highest BCUT2D eigenvalue weighted by Crippen LogP contribution is 2.02. The average molecular weight is 246 g/mol. The summed E-state index contributed by atoms with van der Waals surface area (Å²) in [6, 6.07) is 0. The van der Waals surface area contributed by atoms with E-state index in [1.54, 1.807) is 0 Å². The summed E-state index contributed by atoms with van der Waals surface area (Å²) in [6.45, 7) is 0.272. The number of imidazole rings is 1. The van der Waals surface area contributed by atoms with Gasteiger partial charge in [-0.1, -0.05) is 0 Å². The Morgan fingerprint density at radius 1 is 1.50 bits per heavy atom. The summed E-state index contributed by atoms with van der Waals surface area (Å²) >= 11 is 0. The van der Waals surface area contributed by atoms with Gasteiger partial charge in [0.25, 0.3) is 10.0 Å². The van der Waals surface area contributed by atoms with E-state index in [0.29, 0.717) is 12.8 Å². The number of aromatic nitrogens is 2. The van der Waals surface area contributed by atoms with Crippen molar-refractivity contribution in [1.82, 2.24) is 14.7 Å². The second-order valence-corrected chi connectivity index (χ2v) is 4.97. The first kappa shape index (κ1) is 12.7. The first-order valence-corrected chi connectivity index (χ1v) is 6.27. The van der Waals surface area contributed by atoms with E-state index in [4.69, 9.17) is 5.73 Å². The number of sulfonamides is 1. The maximum absolute atomic E-state index is 11.5. The van der Waals surface area contributed by atoms with Gasteiger partial charge >= 0.3 is 0 Å². The number of nitrogens with one attached hydrogen (secondary N) is 2. The first-order chi connectivity index (χ1) is 7.52. The number of carbonyl (C=O) groups excluding carboxylic acids is 1. The summed E-state index contributed by atoms with van der Waals surface area (Å²) in [7, 11) is -3.50. The zero-order chi connectivity index (χ0) is 12.0. The molecule has 0 unspecified atom stereocenters. The molecule has 0 fully saturated rings. The van der Waals surface area contributed by atoms with E-state index in [-0.39, 0.29) is 23.9 Å². The molecule has 7 nitrogen and oxygen atoms in total. The molecular formula is C8H14N4O3S. The average Bonchev–Trinajstić information content (AvgIpc) is 2.69. The van der Waals surface area contributed by atoms with Gasteiger partial charge in [0.1, 0.15) is 0 Å². The van der Waals surface area contributed by atoms with Crippen LogP contribution >= 0.6 is 0 Å². The maximum Gasteiger partial charge on any atom is 0.257 e. The second kappa shape index (κ2) is 5.61. The molecule has 0 spiro atoms. The van der Waals surface area contributed by atoms with Crippen LogP contribution in [0.2, 0.25) is 0 Å². The van der Waals surface area contributed by atoms with Crippen LogP contribution in [0.1, 0.15) is 19.3 Å². The van der Waals surface area contributed by atoms with Crippen LogP contribution in [0.3, 0.4) is 0 Å². The van der Waals surface area contributed by atoms with Gasteiger partial charge in [-0.25, -0.2) is 18.1 Å². The molecule has 0 aliphatic carbocycles. The minimum absolute atomic E-state index is 0.0300. The molecule has 0 radical (unpaired) electrons. The summed E-state index contributed by atoms with van der Waals surface area (Å²) in [5.74, 6) is -0.378. The number of hydrogen-bond acceptors (Lipinski definition) is 4. The molecule has 0 aliphatic rings. The zero-order valence-electron chi connectivity index (χ0n) is 8.64. The van der Waals surface area contributed by atoms with Crippen molar-refractivity contribution in [3.63, 3.8) is 0 Å². The Kier molecular flexibility index (Phi) is 4.44. The van der Waals surface area contributed by atoms with E-state index in [1.165, 1.54) is 12.5 Å². The number of aromatic amines is 1. The Hall–Kier alpha value is -1.41. The third-order valence-electron chi connectivity index (χ3n) is 1.90. The highest BCUT2D eigenvalue weighted by Gasteiger charge is 2.13. The fourth-order valence-electron chi connectivity index (χ4n) is 1.10. The minimum atomic E-state index is -3.50. The maximum atomic E-state index is 11.5. The molecule has 0 atom stereocenters. The van der Waals surface area contributed by atoms with E-state index in [2.05, 4.69) is 14.7 Å². The third-order valence-corrected chi connectivity index (χ3v) is 3.29. The highest BCUT2D eigenvalue weighted by molar-refractivity contribution is 7.89. The van der Waals surface area contributed by atoms with Crippen LogP contribution in [0.15, 0.2) is 17.6 Å². The summed E-state index contributed by atoms with van der Waals surface area (Å²) in [4.78, 5) is 16.5. The molecule has 1 rings (SSSR count). The molecule has 1 amide bonds. The van der Waals surface area contributed by atoms with Gasteiger partial charge in [-0.15, -0.1) is 0 Å². The Morgan fingerprint density at radius 3 is 2.81 bits per heavy atom. The van der Waals surface area contributed by atoms with Crippen molar-refractivity contribution in [3.05, 3.63) is 12.5 Å². The predicted octanol–water partition coefficient (Wildman–Crippen LogP) is -0.656. The number of carbonyl (C=O) groups is 1. The van der Waals surface area contributed by atoms with Gasteiger partial charge in [-0.2, -0.15) is 0 Å². The largest absolute Gasteiger partial charge is 0.370 e. The van der Waals surface area contributed by atoms with Crippen LogP contribution in [0.25, 0.3) is 0 Å². The van der Waals surface area contributed by atoms with Gasteiger partial charge in [0.05, 0.1) is 12.5 Å². The molecule has 0 aromatic carbocycles. The van der Waals surface area contributed by atoms with Crippen molar-refractivity contribution in [2.45, 2.75) is 24.3 Å². The quantitative estimate of drug-likeness (QED) is 0.553. The lowest BCUT2D eigenvalue weighted by Crippen LogP contribution is -2.25. The van der Waals surface area contributed by atoms with Gasteiger partial charge in [0.2, 0.25) is 5.91 Å². The van der Waals surface area contributed by atoms with Crippen molar-refractivity contribution < 1.29 is 13.2 Å². The van der Waals surface area contributed by atoms with Crippen LogP contribution in [-0.4, -0.2) is 30.8 Å². The number of H-pyrrole nitrogens is 1. The Morgan fingerprint density at radius 2 is 2.25 bits per heavy atom. The standard InChI is InChI=1S/C8H14N4O3S/c9-7(13)3-1-2-4-12-16(14,15)8-5-10-6-11-8/h5-6,12H,1-4H2,(H2,9,13)(H,10,11). The van der Waals surface area contributed by atoms with Crippen molar-refractivity contribution >= 4 is 15.9 Å². The molecule has 0 saturated heterocycles. The summed E-state index contributed by atoms with van der Waals surface area (Å²) in [5, 5.41) is 0.0300. The Bertz CT molecular complexity index is 426. The smallest absolute Gasteiger partial charge is 0.257 e. The molecule has 1 heterocycles. The van der Waals surface area contributed by atoms with Crippen LogP contribution < -0.4 is 10.5 Å². The second-order valence-electron chi connectivity index (χ2n) is 3.24. The third kappa shape index (κ3) is 3.99. The van der Waals surface area contributed by atoms with E-state index in [0.717, 1.165) is 0 Å². The van der Waals surface area contributed by atoms with Crippen molar-refractivity contribution in [2.75, 3.05) is 6.54 Å². The minimum Gasteiger partial charge on any atom is -0.370 e. The van der Waals surface area contributed by atoms with Crippen LogP contribution in [-0.2, 0) is 14.8 Å². The van der Waals surface area contributed by atoms with Crippen LogP contribution in [0.4, 0.5) is 0 Å². The van der Waals surface area contributed by atoms with Gasteiger partial charge < -0.3 is 10.7 Å². The number of hydrogen-bond donors (Lipinski definition) is 3. The number of nitrogens with two attached hydrogens (primary N) is 1. The Balaban J connectivity index is 2.30. The van der Waals surface area contributed by atoms with Crippen LogP contribution in [0.5, 0.6) is 0 Å². The molecular weight excluding hydrogens is 232 g/mol. The van der Waals surface area contributed by atoms with E-state index in [9.17, 15) is 13.2 Å². The van der Waals surface area contributed by atoms with Crippen molar-refractivity contribution in [3.8, 4) is 0 Å². The Labute approximate surface area is 93.5 Å². The lowest BCUT2D eigenvalue weighted by molar-refractivity contribution is -0.118. The monoisotopic (exact) mass is 246 g/mol. The van der Waals surface area contributed by atoms with E-state index >= 15 is 0 Å². The SMILES string of the molecule is NC(=O)CCCCNS(=O)(=O)c1cnc[nH]1. The molecule has 4 N–H and O–H groups in total. The zero-order valence-corrected chi connectivity index (χ0v) is 9.46. The first-order valence-electron chi connectivity index (χ1n) is 4.79. The van der Waals surface area contributed by atoms with Gasteiger partial charge in [-0.05, 0) is 12.8 Å². The number of amides is 1. The molecule has 0 bridgehead atoms. The normalized spacial score (nSPS) is 11.5. The predicted molar refractivity (Wildman–Crippen MR) is 56.8 cm³/mol. The van der Waals surface area contributed by atoms with E-state index < -0.39 is 10.0 Å². The number of unbranched alkanes of at least 4 members (excludes halogenated alkanes) is 1.